The third-order valence-electron chi connectivity index (χ3n) is 4.29. The molecule has 0 unspecified atom stereocenters. The Morgan fingerprint density at radius 2 is 1.96 bits per heavy atom. The Bertz CT molecular complexity index is 636. The van der Waals surface area contributed by atoms with Gasteiger partial charge in [-0.2, -0.15) is 0 Å². The summed E-state index contributed by atoms with van der Waals surface area (Å²) < 4.78 is 11.2. The van der Waals surface area contributed by atoms with Crippen molar-refractivity contribution in [2.24, 2.45) is 0 Å². The predicted molar refractivity (Wildman–Crippen MR) is 92.2 cm³/mol. The Hall–Kier alpha value is -1.58. The molecule has 4 heteroatoms. The van der Waals surface area contributed by atoms with Crippen LogP contribution in [0.25, 0.3) is 0 Å². The Morgan fingerprint density at radius 3 is 2.61 bits per heavy atom. The van der Waals surface area contributed by atoms with Crippen molar-refractivity contribution in [3.05, 3.63) is 58.4 Å². The van der Waals surface area contributed by atoms with Crippen molar-refractivity contribution < 1.29 is 9.47 Å². The average molecular weight is 332 g/mol. The highest BCUT2D eigenvalue weighted by Gasteiger charge is 2.16. The number of aromatic nitrogens is 1. The molecule has 0 amide bonds. The zero-order valence-electron chi connectivity index (χ0n) is 13.4. The minimum Gasteiger partial charge on any atom is -0.487 e. The number of nitrogens with zero attached hydrogens (tertiary/aromatic N) is 1. The number of rotatable bonds is 5. The first-order chi connectivity index (χ1) is 11.3. The number of aryl methyl sites for hydroxylation is 1. The summed E-state index contributed by atoms with van der Waals surface area (Å²) in [6.07, 6.45) is 4.99. The second kappa shape index (κ2) is 7.80. The Labute approximate surface area is 142 Å². The van der Waals surface area contributed by atoms with Crippen LogP contribution in [0.2, 0.25) is 5.02 Å². The van der Waals surface area contributed by atoms with Gasteiger partial charge in [0.15, 0.2) is 0 Å². The van der Waals surface area contributed by atoms with Crippen LogP contribution < -0.4 is 4.74 Å². The molecular weight excluding hydrogens is 310 g/mol. The molecule has 1 aliphatic heterocycles. The fourth-order valence-electron chi connectivity index (χ4n) is 2.80. The summed E-state index contributed by atoms with van der Waals surface area (Å²) in [6.45, 7) is 4.26. The molecule has 2 aromatic rings. The van der Waals surface area contributed by atoms with Crippen molar-refractivity contribution in [2.75, 3.05) is 13.2 Å². The molecule has 0 atom stereocenters. The minimum atomic E-state index is 0.478. The lowest BCUT2D eigenvalue weighted by atomic mass is 9.96. The average Bonchev–Trinajstić information content (AvgIpc) is 2.62. The molecule has 1 aromatic heterocycles. The molecule has 2 heterocycles. The number of benzene rings is 1. The van der Waals surface area contributed by atoms with Crippen LogP contribution in [-0.4, -0.2) is 18.2 Å². The smallest absolute Gasteiger partial charge is 0.138 e. The van der Waals surface area contributed by atoms with E-state index in [1.165, 1.54) is 5.56 Å². The number of pyridine rings is 1. The molecular formula is C19H22ClNO2. The topological polar surface area (TPSA) is 31.4 Å². The molecule has 23 heavy (non-hydrogen) atoms. The van der Waals surface area contributed by atoms with Gasteiger partial charge in [-0.15, -0.1) is 0 Å². The molecule has 0 aliphatic carbocycles. The summed E-state index contributed by atoms with van der Waals surface area (Å²) in [6, 6.07) is 10.1. The Morgan fingerprint density at radius 1 is 1.17 bits per heavy atom. The van der Waals surface area contributed by atoms with E-state index >= 15 is 0 Å². The van der Waals surface area contributed by atoms with E-state index in [2.05, 4.69) is 24.0 Å². The number of hydrogen-bond acceptors (Lipinski definition) is 3. The molecule has 122 valence electrons. The molecule has 0 radical (unpaired) electrons. The second-order valence-corrected chi connectivity index (χ2v) is 6.29. The zero-order chi connectivity index (χ0) is 16.1. The van der Waals surface area contributed by atoms with Crippen molar-refractivity contribution in [3.8, 4) is 5.75 Å². The molecule has 0 N–H and O–H groups in total. The van der Waals surface area contributed by atoms with E-state index < -0.39 is 0 Å². The molecule has 0 saturated carbocycles. The van der Waals surface area contributed by atoms with Gasteiger partial charge in [0.2, 0.25) is 0 Å². The van der Waals surface area contributed by atoms with Gasteiger partial charge in [0.05, 0.1) is 5.02 Å². The van der Waals surface area contributed by atoms with Gasteiger partial charge in [0.1, 0.15) is 12.4 Å². The van der Waals surface area contributed by atoms with Gasteiger partial charge in [0, 0.05) is 36.6 Å². The van der Waals surface area contributed by atoms with E-state index in [0.717, 1.165) is 49.5 Å². The quantitative estimate of drug-likeness (QED) is 0.790. The van der Waals surface area contributed by atoms with Crippen LogP contribution in [0.15, 0.2) is 36.5 Å². The van der Waals surface area contributed by atoms with Crippen molar-refractivity contribution in [1.29, 1.82) is 0 Å². The number of ether oxygens (including phenoxy) is 2. The standard InChI is InChI=1S/C19H22ClNO2/c1-2-14-4-6-19(17(20)11-14)23-13-15-3-5-18(21-12-15)16-7-9-22-10-8-16/h3-6,11-12,16H,2,7-10,13H2,1H3. The van der Waals surface area contributed by atoms with E-state index in [4.69, 9.17) is 21.1 Å². The first-order valence-corrected chi connectivity index (χ1v) is 8.58. The Kier molecular flexibility index (Phi) is 5.52. The summed E-state index contributed by atoms with van der Waals surface area (Å²) in [5.41, 5.74) is 3.42. The van der Waals surface area contributed by atoms with E-state index in [1.807, 2.05) is 24.4 Å². The van der Waals surface area contributed by atoms with Crippen LogP contribution in [0.4, 0.5) is 0 Å². The lowest BCUT2D eigenvalue weighted by molar-refractivity contribution is 0.0845. The van der Waals surface area contributed by atoms with Crippen LogP contribution in [0.5, 0.6) is 5.75 Å². The number of halogens is 1. The maximum atomic E-state index is 6.25. The van der Waals surface area contributed by atoms with Gasteiger partial charge in [-0.3, -0.25) is 4.98 Å². The van der Waals surface area contributed by atoms with Crippen molar-refractivity contribution in [1.82, 2.24) is 4.98 Å². The van der Waals surface area contributed by atoms with Crippen LogP contribution in [0.3, 0.4) is 0 Å². The third-order valence-corrected chi connectivity index (χ3v) is 4.58. The van der Waals surface area contributed by atoms with Crippen molar-refractivity contribution in [3.63, 3.8) is 0 Å². The summed E-state index contributed by atoms with van der Waals surface area (Å²) in [4.78, 5) is 4.60. The SMILES string of the molecule is CCc1ccc(OCc2ccc(C3CCOCC3)nc2)c(Cl)c1. The van der Waals surface area contributed by atoms with E-state index in [-0.39, 0.29) is 0 Å². The summed E-state index contributed by atoms with van der Waals surface area (Å²) >= 11 is 6.25. The molecule has 3 nitrogen and oxygen atoms in total. The molecule has 1 aliphatic rings. The second-order valence-electron chi connectivity index (χ2n) is 5.88. The van der Waals surface area contributed by atoms with E-state index in [0.29, 0.717) is 17.5 Å². The monoisotopic (exact) mass is 331 g/mol. The summed E-state index contributed by atoms with van der Waals surface area (Å²) in [7, 11) is 0. The molecule has 0 spiro atoms. The fraction of sp³-hybridized carbons (Fsp3) is 0.421. The number of hydrogen-bond donors (Lipinski definition) is 0. The van der Waals surface area contributed by atoms with Crippen LogP contribution in [0.1, 0.15) is 42.5 Å². The molecule has 0 bridgehead atoms. The van der Waals surface area contributed by atoms with Crippen molar-refractivity contribution >= 4 is 11.6 Å². The predicted octanol–water partition coefficient (Wildman–Crippen LogP) is 4.77. The van der Waals surface area contributed by atoms with Gasteiger partial charge >= 0.3 is 0 Å². The third kappa shape index (κ3) is 4.24. The Balaban J connectivity index is 1.60. The first kappa shape index (κ1) is 16.3. The van der Waals surface area contributed by atoms with Crippen LogP contribution in [-0.2, 0) is 17.8 Å². The maximum absolute atomic E-state index is 6.25. The largest absolute Gasteiger partial charge is 0.487 e. The summed E-state index contributed by atoms with van der Waals surface area (Å²) in [5, 5.41) is 0.663. The molecule has 1 fully saturated rings. The van der Waals surface area contributed by atoms with E-state index in [1.54, 1.807) is 0 Å². The molecule has 3 rings (SSSR count). The molecule has 1 saturated heterocycles. The van der Waals surface area contributed by atoms with E-state index in [9.17, 15) is 0 Å². The summed E-state index contributed by atoms with van der Waals surface area (Å²) in [5.74, 6) is 1.24. The fourth-order valence-corrected chi connectivity index (χ4v) is 3.06. The first-order valence-electron chi connectivity index (χ1n) is 8.20. The lowest BCUT2D eigenvalue weighted by Crippen LogP contribution is -2.15. The van der Waals surface area contributed by atoms with Gasteiger partial charge in [0.25, 0.3) is 0 Å². The minimum absolute atomic E-state index is 0.478. The maximum Gasteiger partial charge on any atom is 0.138 e. The zero-order valence-corrected chi connectivity index (χ0v) is 14.2. The van der Waals surface area contributed by atoms with Crippen LogP contribution in [0, 0.1) is 0 Å². The normalized spacial score (nSPS) is 15.6. The van der Waals surface area contributed by atoms with Gasteiger partial charge in [-0.25, -0.2) is 0 Å². The highest BCUT2D eigenvalue weighted by Crippen LogP contribution is 2.27. The van der Waals surface area contributed by atoms with Gasteiger partial charge in [-0.05, 0) is 43.0 Å². The van der Waals surface area contributed by atoms with Gasteiger partial charge < -0.3 is 9.47 Å². The van der Waals surface area contributed by atoms with Gasteiger partial charge in [-0.1, -0.05) is 30.7 Å². The highest BCUT2D eigenvalue weighted by molar-refractivity contribution is 6.32. The molecule has 1 aromatic carbocycles. The lowest BCUT2D eigenvalue weighted by Gasteiger charge is -2.21. The highest BCUT2D eigenvalue weighted by atomic mass is 35.5. The van der Waals surface area contributed by atoms with Crippen LogP contribution >= 0.6 is 11.6 Å². The van der Waals surface area contributed by atoms with Crippen molar-refractivity contribution in [2.45, 2.75) is 38.7 Å².